The molecule has 2 unspecified atom stereocenters. The highest BCUT2D eigenvalue weighted by molar-refractivity contribution is 6.34. The fourth-order valence-electron chi connectivity index (χ4n) is 2.33. The molecular weight excluding hydrogens is 257 g/mol. The number of hydrogen-bond donors (Lipinski definition) is 2. The SMILES string of the molecule is Cc1cc(Cl)nc(Cl)c1NC1CCCC(N)C1. The van der Waals surface area contributed by atoms with Crippen molar-refractivity contribution in [3.05, 3.63) is 21.9 Å². The maximum absolute atomic E-state index is 6.10. The summed E-state index contributed by atoms with van der Waals surface area (Å²) in [5, 5.41) is 4.31. The van der Waals surface area contributed by atoms with Gasteiger partial charge in [-0.2, -0.15) is 0 Å². The van der Waals surface area contributed by atoms with Crippen molar-refractivity contribution in [1.29, 1.82) is 0 Å². The summed E-state index contributed by atoms with van der Waals surface area (Å²) in [5.74, 6) is 0. The Morgan fingerprint density at radius 1 is 1.41 bits per heavy atom. The summed E-state index contributed by atoms with van der Waals surface area (Å²) in [6.45, 7) is 1.98. The van der Waals surface area contributed by atoms with Gasteiger partial charge in [-0.05, 0) is 44.2 Å². The highest BCUT2D eigenvalue weighted by Gasteiger charge is 2.20. The van der Waals surface area contributed by atoms with Gasteiger partial charge in [-0.25, -0.2) is 4.98 Å². The van der Waals surface area contributed by atoms with Crippen molar-refractivity contribution in [3.8, 4) is 0 Å². The summed E-state index contributed by atoms with van der Waals surface area (Å²) in [7, 11) is 0. The third-order valence-corrected chi connectivity index (χ3v) is 3.67. The average Bonchev–Trinajstić information content (AvgIpc) is 2.23. The van der Waals surface area contributed by atoms with E-state index in [9.17, 15) is 0 Å². The molecule has 2 atom stereocenters. The molecular formula is C12H17Cl2N3. The zero-order valence-electron chi connectivity index (χ0n) is 9.84. The molecule has 94 valence electrons. The molecule has 3 nitrogen and oxygen atoms in total. The van der Waals surface area contributed by atoms with Crippen LogP contribution >= 0.6 is 23.2 Å². The number of nitrogens with one attached hydrogen (secondary N) is 1. The molecule has 0 radical (unpaired) electrons. The van der Waals surface area contributed by atoms with Crippen LogP contribution in [0.25, 0.3) is 0 Å². The largest absolute Gasteiger partial charge is 0.380 e. The van der Waals surface area contributed by atoms with E-state index in [1.54, 1.807) is 0 Å². The third-order valence-electron chi connectivity index (χ3n) is 3.20. The molecule has 1 aromatic heterocycles. The molecule has 0 amide bonds. The van der Waals surface area contributed by atoms with Gasteiger partial charge >= 0.3 is 0 Å². The molecule has 0 saturated heterocycles. The Labute approximate surface area is 112 Å². The second kappa shape index (κ2) is 5.42. The second-order valence-electron chi connectivity index (χ2n) is 4.70. The standard InChI is InChI=1S/C12H17Cl2N3/c1-7-5-10(13)17-12(14)11(7)16-9-4-2-3-8(15)6-9/h5,8-9,16H,2-4,6,15H2,1H3. The first-order valence-corrected chi connectivity index (χ1v) is 6.66. The van der Waals surface area contributed by atoms with E-state index >= 15 is 0 Å². The Morgan fingerprint density at radius 2 is 2.18 bits per heavy atom. The van der Waals surface area contributed by atoms with Crippen LogP contribution in [0.4, 0.5) is 5.69 Å². The molecule has 0 spiro atoms. The number of rotatable bonds is 2. The van der Waals surface area contributed by atoms with Crippen LogP contribution in [0.15, 0.2) is 6.07 Å². The topological polar surface area (TPSA) is 50.9 Å². The normalized spacial score (nSPS) is 24.7. The summed E-state index contributed by atoms with van der Waals surface area (Å²) < 4.78 is 0. The van der Waals surface area contributed by atoms with Crippen LogP contribution in [0.5, 0.6) is 0 Å². The Balaban J connectivity index is 2.12. The summed E-state index contributed by atoms with van der Waals surface area (Å²) in [6.07, 6.45) is 4.39. The van der Waals surface area contributed by atoms with E-state index in [2.05, 4.69) is 10.3 Å². The Bertz CT molecular complexity index is 386. The minimum atomic E-state index is 0.292. The van der Waals surface area contributed by atoms with Gasteiger partial charge in [0.25, 0.3) is 0 Å². The number of aryl methyl sites for hydroxylation is 1. The molecule has 17 heavy (non-hydrogen) atoms. The second-order valence-corrected chi connectivity index (χ2v) is 5.44. The van der Waals surface area contributed by atoms with Gasteiger partial charge in [0.05, 0.1) is 5.69 Å². The monoisotopic (exact) mass is 273 g/mol. The van der Waals surface area contributed by atoms with Gasteiger partial charge in [-0.3, -0.25) is 0 Å². The van der Waals surface area contributed by atoms with Gasteiger partial charge in [0, 0.05) is 12.1 Å². The predicted octanol–water partition coefficient (Wildman–Crippen LogP) is 3.38. The van der Waals surface area contributed by atoms with Crippen LogP contribution in [0.1, 0.15) is 31.2 Å². The summed E-state index contributed by atoms with van der Waals surface area (Å²) in [5.41, 5.74) is 7.88. The number of nitrogens with zero attached hydrogens (tertiary/aromatic N) is 1. The maximum atomic E-state index is 6.10. The lowest BCUT2D eigenvalue weighted by atomic mass is 9.91. The maximum Gasteiger partial charge on any atom is 0.154 e. The highest BCUT2D eigenvalue weighted by atomic mass is 35.5. The van der Waals surface area contributed by atoms with Crippen molar-refractivity contribution in [2.24, 2.45) is 5.73 Å². The summed E-state index contributed by atoms with van der Waals surface area (Å²) in [4.78, 5) is 4.06. The third kappa shape index (κ3) is 3.24. The minimum absolute atomic E-state index is 0.292. The minimum Gasteiger partial charge on any atom is -0.380 e. The van der Waals surface area contributed by atoms with Gasteiger partial charge in [-0.15, -0.1) is 0 Å². The molecule has 2 rings (SSSR count). The molecule has 5 heteroatoms. The molecule has 1 aliphatic rings. The van der Waals surface area contributed by atoms with E-state index in [0.717, 1.165) is 36.9 Å². The number of halogens is 2. The Hall–Kier alpha value is -0.510. The lowest BCUT2D eigenvalue weighted by molar-refractivity contribution is 0.409. The number of nitrogens with two attached hydrogens (primary N) is 1. The van der Waals surface area contributed by atoms with Crippen molar-refractivity contribution < 1.29 is 0 Å². The van der Waals surface area contributed by atoms with Crippen molar-refractivity contribution >= 4 is 28.9 Å². The Kier molecular flexibility index (Phi) is 4.13. The fraction of sp³-hybridized carbons (Fsp3) is 0.583. The van der Waals surface area contributed by atoms with Crippen molar-refractivity contribution in [1.82, 2.24) is 4.98 Å². The first-order chi connectivity index (χ1) is 8.06. The van der Waals surface area contributed by atoms with Crippen LogP contribution in [0.2, 0.25) is 10.3 Å². The van der Waals surface area contributed by atoms with Crippen molar-refractivity contribution in [2.45, 2.75) is 44.7 Å². The summed E-state index contributed by atoms with van der Waals surface area (Å²) >= 11 is 11.9. The van der Waals surface area contributed by atoms with E-state index in [1.807, 2.05) is 13.0 Å². The Morgan fingerprint density at radius 3 is 2.82 bits per heavy atom. The number of hydrogen-bond acceptors (Lipinski definition) is 3. The number of anilines is 1. The van der Waals surface area contributed by atoms with Crippen LogP contribution in [0, 0.1) is 6.92 Å². The van der Waals surface area contributed by atoms with Crippen molar-refractivity contribution in [3.63, 3.8) is 0 Å². The first-order valence-electron chi connectivity index (χ1n) is 5.91. The van der Waals surface area contributed by atoms with Crippen LogP contribution in [-0.4, -0.2) is 17.1 Å². The van der Waals surface area contributed by atoms with Gasteiger partial charge in [0.2, 0.25) is 0 Å². The van der Waals surface area contributed by atoms with Gasteiger partial charge in [0.15, 0.2) is 5.15 Å². The molecule has 1 fully saturated rings. The first kappa shape index (κ1) is 12.9. The zero-order chi connectivity index (χ0) is 12.4. The van der Waals surface area contributed by atoms with Crippen LogP contribution in [-0.2, 0) is 0 Å². The van der Waals surface area contributed by atoms with Crippen LogP contribution < -0.4 is 11.1 Å². The van der Waals surface area contributed by atoms with Gasteiger partial charge in [0.1, 0.15) is 5.15 Å². The number of aromatic nitrogens is 1. The molecule has 0 aliphatic heterocycles. The molecule has 1 aromatic rings. The quantitative estimate of drug-likeness (QED) is 0.813. The fourth-order valence-corrected chi connectivity index (χ4v) is 2.92. The smallest absolute Gasteiger partial charge is 0.154 e. The molecule has 1 saturated carbocycles. The molecule has 0 bridgehead atoms. The average molecular weight is 274 g/mol. The summed E-state index contributed by atoms with van der Waals surface area (Å²) in [6, 6.07) is 2.50. The van der Waals surface area contributed by atoms with Gasteiger partial charge in [-0.1, -0.05) is 23.2 Å². The lowest BCUT2D eigenvalue weighted by Gasteiger charge is -2.29. The highest BCUT2D eigenvalue weighted by Crippen LogP contribution is 2.29. The predicted molar refractivity (Wildman–Crippen MR) is 72.8 cm³/mol. The molecule has 1 heterocycles. The molecule has 3 N–H and O–H groups in total. The molecule has 0 aromatic carbocycles. The van der Waals surface area contributed by atoms with E-state index in [4.69, 9.17) is 28.9 Å². The zero-order valence-corrected chi connectivity index (χ0v) is 11.4. The number of pyridine rings is 1. The van der Waals surface area contributed by atoms with E-state index < -0.39 is 0 Å². The van der Waals surface area contributed by atoms with Gasteiger partial charge < -0.3 is 11.1 Å². The lowest BCUT2D eigenvalue weighted by Crippen LogP contribution is -2.35. The molecule has 1 aliphatic carbocycles. The van der Waals surface area contributed by atoms with Crippen LogP contribution in [0.3, 0.4) is 0 Å². The van der Waals surface area contributed by atoms with E-state index in [-0.39, 0.29) is 0 Å². The van der Waals surface area contributed by atoms with E-state index in [0.29, 0.717) is 22.4 Å². The van der Waals surface area contributed by atoms with Crippen molar-refractivity contribution in [2.75, 3.05) is 5.32 Å². The van der Waals surface area contributed by atoms with E-state index in [1.165, 1.54) is 0 Å².